The van der Waals surface area contributed by atoms with Crippen molar-refractivity contribution >= 4 is 32.3 Å². The maximum atomic E-state index is 13.0. The minimum atomic E-state index is -1.79. The van der Waals surface area contributed by atoms with E-state index >= 15 is 0 Å². The van der Waals surface area contributed by atoms with E-state index in [1.54, 1.807) is 32.6 Å². The van der Waals surface area contributed by atoms with Gasteiger partial charge in [0.1, 0.15) is 41.5 Å². The van der Waals surface area contributed by atoms with Crippen LogP contribution in [0, 0.1) is 18.3 Å². The molecule has 3 aliphatic rings. The molecule has 2 amide bonds. The summed E-state index contributed by atoms with van der Waals surface area (Å²) in [5.74, 6) is 1.66. The van der Waals surface area contributed by atoms with Crippen LogP contribution in [-0.4, -0.2) is 99.0 Å². The predicted octanol–water partition coefficient (Wildman–Crippen LogP) is 8.30. The SMILES string of the molecule is C=CCO[C@H]1C(C2=NC(=O)N=C3N=CC=C32)O[C@H](COC(c2ccccc2)(c2ccc(OC)cc2)c2ccc(OC)cc2C)[C@@H]1OP(OCCC#N)N(C(C)C)C(C)C. The van der Waals surface area contributed by atoms with Gasteiger partial charge < -0.3 is 32.7 Å². The van der Waals surface area contributed by atoms with Crippen molar-refractivity contribution in [2.75, 3.05) is 34.0 Å². The third-order valence-electron chi connectivity index (χ3n) is 10.2. The van der Waals surface area contributed by atoms with Gasteiger partial charge in [-0.05, 0) is 87.2 Å². The minimum Gasteiger partial charge on any atom is -0.497 e. The fourth-order valence-corrected chi connectivity index (χ4v) is 9.43. The highest BCUT2D eigenvalue weighted by Gasteiger charge is 2.53. The number of hydrogen-bond acceptors (Lipinski definition) is 11. The molecule has 3 heterocycles. The molecule has 6 atom stereocenters. The summed E-state index contributed by atoms with van der Waals surface area (Å²) in [5, 5.41) is 9.46. The second-order valence-corrected chi connectivity index (χ2v) is 16.0. The van der Waals surface area contributed by atoms with E-state index in [-0.39, 0.29) is 44.2 Å². The van der Waals surface area contributed by atoms with Crippen LogP contribution in [0.4, 0.5) is 4.79 Å². The van der Waals surface area contributed by atoms with Crippen molar-refractivity contribution in [1.29, 1.82) is 5.26 Å². The molecule has 0 aromatic heterocycles. The molecule has 3 aromatic rings. The average molecular weight is 822 g/mol. The predicted molar refractivity (Wildman–Crippen MR) is 229 cm³/mol. The van der Waals surface area contributed by atoms with Crippen molar-refractivity contribution in [1.82, 2.24) is 4.67 Å². The number of methoxy groups -OCH3 is 2. The Labute approximate surface area is 348 Å². The number of nitrogens with zero attached hydrogens (tertiary/aromatic N) is 5. The lowest BCUT2D eigenvalue weighted by molar-refractivity contribution is -0.0741. The van der Waals surface area contributed by atoms with Crippen LogP contribution in [0.1, 0.15) is 56.4 Å². The summed E-state index contributed by atoms with van der Waals surface area (Å²) in [7, 11) is 1.48. The Morgan fingerprint density at radius 2 is 1.66 bits per heavy atom. The van der Waals surface area contributed by atoms with Crippen molar-refractivity contribution in [2.45, 2.75) is 83.1 Å². The highest BCUT2D eigenvalue weighted by molar-refractivity contribution is 7.44. The number of carbonyl (C=O) groups is 1. The van der Waals surface area contributed by atoms with E-state index in [1.807, 2.05) is 79.7 Å². The Balaban J connectivity index is 1.51. The minimum absolute atomic E-state index is 0.0160. The lowest BCUT2D eigenvalue weighted by atomic mass is 9.78. The number of amides is 2. The fourth-order valence-electron chi connectivity index (χ4n) is 7.67. The van der Waals surface area contributed by atoms with E-state index in [2.05, 4.69) is 60.0 Å². The number of hydrogen-bond donors (Lipinski definition) is 0. The second kappa shape index (κ2) is 19.9. The third-order valence-corrected chi connectivity index (χ3v) is 12.3. The number of amidine groups is 1. The van der Waals surface area contributed by atoms with Crippen molar-refractivity contribution in [3.05, 3.63) is 119 Å². The van der Waals surface area contributed by atoms with E-state index in [1.165, 1.54) is 0 Å². The van der Waals surface area contributed by atoms with Crippen molar-refractivity contribution < 1.29 is 37.5 Å². The number of rotatable bonds is 20. The summed E-state index contributed by atoms with van der Waals surface area (Å²) in [4.78, 5) is 25.7. The van der Waals surface area contributed by atoms with E-state index in [0.29, 0.717) is 22.8 Å². The van der Waals surface area contributed by atoms with Crippen LogP contribution < -0.4 is 9.47 Å². The lowest BCUT2D eigenvalue weighted by Gasteiger charge is -2.40. The molecule has 0 aliphatic carbocycles. The highest BCUT2D eigenvalue weighted by Crippen LogP contribution is 2.51. The third kappa shape index (κ3) is 9.45. The number of aryl methyl sites for hydroxylation is 1. The molecule has 1 fully saturated rings. The topological polar surface area (TPSA) is 146 Å². The zero-order valence-corrected chi connectivity index (χ0v) is 35.5. The van der Waals surface area contributed by atoms with Crippen LogP contribution in [-0.2, 0) is 28.9 Å². The summed E-state index contributed by atoms with van der Waals surface area (Å²) in [6.45, 7) is 14.5. The molecule has 13 nitrogen and oxygen atoms in total. The number of urea groups is 1. The van der Waals surface area contributed by atoms with Crippen molar-refractivity contribution in [2.24, 2.45) is 15.0 Å². The molecule has 1 saturated heterocycles. The number of ether oxygens (including phenoxy) is 5. The molecule has 14 heteroatoms. The Morgan fingerprint density at radius 1 is 0.966 bits per heavy atom. The molecule has 0 radical (unpaired) electrons. The summed E-state index contributed by atoms with van der Waals surface area (Å²) < 4.78 is 47.9. The van der Waals surface area contributed by atoms with E-state index in [0.717, 1.165) is 22.3 Å². The van der Waals surface area contributed by atoms with Gasteiger partial charge in [-0.25, -0.2) is 14.5 Å². The molecule has 3 aliphatic heterocycles. The molecule has 310 valence electrons. The van der Waals surface area contributed by atoms with Gasteiger partial charge in [0.25, 0.3) is 8.53 Å². The molecule has 3 unspecified atom stereocenters. The van der Waals surface area contributed by atoms with Crippen LogP contribution >= 0.6 is 8.53 Å². The normalized spacial score (nSPS) is 21.4. The number of aliphatic imine (C=N–C) groups is 3. The van der Waals surface area contributed by atoms with Gasteiger partial charge in [0.05, 0.1) is 52.2 Å². The molecule has 0 bridgehead atoms. The van der Waals surface area contributed by atoms with Crippen molar-refractivity contribution in [3.8, 4) is 17.6 Å². The Hall–Kier alpha value is -4.90. The smallest absolute Gasteiger partial charge is 0.369 e. The summed E-state index contributed by atoms with van der Waals surface area (Å²) in [6.07, 6.45) is 1.77. The molecule has 0 N–H and O–H groups in total. The fraction of sp³-hybridized carbons (Fsp3) is 0.400. The average Bonchev–Trinajstić information content (AvgIpc) is 3.85. The van der Waals surface area contributed by atoms with Crippen LogP contribution in [0.15, 0.2) is 112 Å². The molecule has 0 spiro atoms. The van der Waals surface area contributed by atoms with Crippen molar-refractivity contribution in [3.63, 3.8) is 0 Å². The lowest BCUT2D eigenvalue weighted by Crippen LogP contribution is -2.44. The number of carbonyl (C=O) groups excluding carboxylic acids is 1. The van der Waals surface area contributed by atoms with E-state index < -0.39 is 44.6 Å². The van der Waals surface area contributed by atoms with E-state index in [4.69, 9.17) is 32.7 Å². The first kappa shape index (κ1) is 43.7. The highest BCUT2D eigenvalue weighted by atomic mass is 31.2. The number of benzene rings is 3. The van der Waals surface area contributed by atoms with Gasteiger partial charge >= 0.3 is 6.03 Å². The van der Waals surface area contributed by atoms with Gasteiger partial charge in [0.15, 0.2) is 5.84 Å². The maximum absolute atomic E-state index is 13.0. The Kier molecular flexibility index (Phi) is 14.7. The molecule has 59 heavy (non-hydrogen) atoms. The largest absolute Gasteiger partial charge is 0.497 e. The zero-order chi connectivity index (χ0) is 42.1. The first-order valence-corrected chi connectivity index (χ1v) is 20.8. The quantitative estimate of drug-likeness (QED) is 0.0472. The van der Waals surface area contributed by atoms with Gasteiger partial charge in [-0.2, -0.15) is 15.2 Å². The standard InChI is InChI=1S/C45H52N5O8P/c1-9-25-54-42-40(58-59(56-26-13-23-46)50(29(2)3)30(4)5)38(57-41(42)39-36-22-24-47-43(36)49-44(51)48-39)28-55-45(32-14-11-10-12-15-32,33-16-18-34(52-7)19-17-33)37-21-20-35(53-8)27-31(37)6/h9-12,14-22,24,27,29-30,38,40-42H,1,13,25-26,28H2,2-8H3/t38-,40+,41?,42-,45?,59?/m1/s1. The van der Waals surface area contributed by atoms with Gasteiger partial charge in [-0.3, -0.25) is 0 Å². The van der Waals surface area contributed by atoms with E-state index in [9.17, 15) is 10.1 Å². The Bertz CT molecular complexity index is 2110. The molecule has 3 aromatic carbocycles. The molecule has 0 saturated carbocycles. The molecular formula is C45H52N5O8P. The summed E-state index contributed by atoms with van der Waals surface area (Å²) >= 11 is 0. The Morgan fingerprint density at radius 3 is 2.31 bits per heavy atom. The number of fused-ring (bicyclic) bond motifs is 1. The van der Waals surface area contributed by atoms with Crippen LogP contribution in [0.5, 0.6) is 11.5 Å². The van der Waals surface area contributed by atoms with Crippen LogP contribution in [0.2, 0.25) is 0 Å². The summed E-state index contributed by atoms with van der Waals surface area (Å²) in [6, 6.07) is 25.3. The van der Waals surface area contributed by atoms with Gasteiger partial charge in [0, 0.05) is 23.9 Å². The van der Waals surface area contributed by atoms with Gasteiger partial charge in [0.2, 0.25) is 0 Å². The van der Waals surface area contributed by atoms with Crippen LogP contribution in [0.3, 0.4) is 0 Å². The maximum Gasteiger partial charge on any atom is 0.369 e. The first-order chi connectivity index (χ1) is 28.6. The van der Waals surface area contributed by atoms with Gasteiger partial charge in [-0.1, -0.05) is 54.6 Å². The number of nitriles is 1. The zero-order valence-electron chi connectivity index (χ0n) is 34.6. The van der Waals surface area contributed by atoms with Crippen LogP contribution in [0.25, 0.3) is 0 Å². The van der Waals surface area contributed by atoms with Gasteiger partial charge in [-0.15, -0.1) is 6.58 Å². The monoisotopic (exact) mass is 821 g/mol. The first-order valence-electron chi connectivity index (χ1n) is 19.6. The molecular weight excluding hydrogens is 769 g/mol. The second-order valence-electron chi connectivity index (χ2n) is 14.6. The summed E-state index contributed by atoms with van der Waals surface area (Å²) in [5.41, 5.74) is 3.23. The molecule has 6 rings (SSSR count). The number of allylic oxidation sites excluding steroid dienone is 1.